The van der Waals surface area contributed by atoms with Gasteiger partial charge in [-0.05, 0) is 13.3 Å². The second kappa shape index (κ2) is 7.34. The molecule has 1 fully saturated rings. The summed E-state index contributed by atoms with van der Waals surface area (Å²) in [5.74, 6) is -0.435. The van der Waals surface area contributed by atoms with Gasteiger partial charge in [-0.2, -0.15) is 0 Å². The summed E-state index contributed by atoms with van der Waals surface area (Å²) in [4.78, 5) is 28.0. The molecule has 0 saturated carbocycles. The summed E-state index contributed by atoms with van der Waals surface area (Å²) in [7, 11) is 0. The molecule has 2 amide bonds. The van der Waals surface area contributed by atoms with Crippen LogP contribution in [0.25, 0.3) is 0 Å². The lowest BCUT2D eigenvalue weighted by atomic mass is 9.99. The van der Waals surface area contributed by atoms with Gasteiger partial charge in [-0.25, -0.2) is 9.48 Å². The molecule has 0 aliphatic carbocycles. The van der Waals surface area contributed by atoms with Gasteiger partial charge in [0.2, 0.25) is 0 Å². The number of halogens is 3. The van der Waals surface area contributed by atoms with E-state index in [4.69, 9.17) is 34.8 Å². The fourth-order valence-corrected chi connectivity index (χ4v) is 3.48. The zero-order valence-corrected chi connectivity index (χ0v) is 15.8. The highest BCUT2D eigenvalue weighted by atomic mass is 35.5. The maximum absolute atomic E-state index is 12.6. The molecule has 2 aromatic heterocycles. The molecule has 0 bridgehead atoms. The fourth-order valence-electron chi connectivity index (χ4n) is 2.93. The minimum Gasteiger partial charge on any atom is -0.465 e. The Morgan fingerprint density at radius 1 is 1.35 bits per heavy atom. The quantitative estimate of drug-likeness (QED) is 0.704. The van der Waals surface area contributed by atoms with Crippen molar-refractivity contribution in [3.63, 3.8) is 0 Å². The number of aromatic nitrogens is 4. The van der Waals surface area contributed by atoms with Gasteiger partial charge < -0.3 is 20.3 Å². The Labute approximate surface area is 163 Å². The Morgan fingerprint density at radius 2 is 2.08 bits per heavy atom. The number of carbonyl (C=O) groups excluding carboxylic acids is 1. The minimum absolute atomic E-state index is 0.137. The topological polar surface area (TPSA) is 116 Å². The van der Waals surface area contributed by atoms with Crippen LogP contribution in [0.5, 0.6) is 0 Å². The van der Waals surface area contributed by atoms with E-state index in [0.29, 0.717) is 12.1 Å². The predicted molar refractivity (Wildman–Crippen MR) is 95.1 cm³/mol. The van der Waals surface area contributed by atoms with Crippen LogP contribution < -0.4 is 5.32 Å². The van der Waals surface area contributed by atoms with E-state index < -0.39 is 24.1 Å². The normalized spacial score (nSPS) is 20.2. The Morgan fingerprint density at radius 3 is 2.62 bits per heavy atom. The number of amides is 2. The van der Waals surface area contributed by atoms with Gasteiger partial charge in [-0.3, -0.25) is 4.79 Å². The van der Waals surface area contributed by atoms with Gasteiger partial charge in [-0.1, -0.05) is 40.0 Å². The van der Waals surface area contributed by atoms with Crippen LogP contribution in [0.1, 0.15) is 28.6 Å². The standard InChI is InChI=1S/C14H15Cl3N6O3/c1-6-10(16)11(17)12(18-6)13(24)19-7-2-3-22(14(25)26)4-8(7)23-5-9(15)20-21-23/h5,7-8,18H,2-4H2,1H3,(H,19,24)(H,25,26)/t7-,8+/m1/s1. The van der Waals surface area contributed by atoms with Gasteiger partial charge in [0.1, 0.15) is 5.69 Å². The average Bonchev–Trinajstić information content (AvgIpc) is 3.14. The molecule has 9 nitrogen and oxygen atoms in total. The van der Waals surface area contributed by atoms with Crippen molar-refractivity contribution < 1.29 is 14.7 Å². The lowest BCUT2D eigenvalue weighted by Crippen LogP contribution is -2.53. The third kappa shape index (κ3) is 3.60. The lowest BCUT2D eigenvalue weighted by Gasteiger charge is -2.37. The van der Waals surface area contributed by atoms with Crippen molar-refractivity contribution in [2.75, 3.05) is 13.1 Å². The molecular formula is C14H15Cl3N6O3. The Kier molecular flexibility index (Phi) is 5.31. The third-order valence-corrected chi connectivity index (χ3v) is 5.39. The van der Waals surface area contributed by atoms with Crippen LogP contribution in [-0.2, 0) is 0 Å². The number of hydrogen-bond acceptors (Lipinski definition) is 4. The van der Waals surface area contributed by atoms with Crippen LogP contribution in [0, 0.1) is 6.92 Å². The molecule has 0 unspecified atom stereocenters. The number of carbonyl (C=O) groups is 2. The van der Waals surface area contributed by atoms with Crippen LogP contribution in [0.15, 0.2) is 6.20 Å². The summed E-state index contributed by atoms with van der Waals surface area (Å²) in [6.07, 6.45) is 0.839. The summed E-state index contributed by atoms with van der Waals surface area (Å²) in [5, 5.41) is 20.4. The molecule has 0 radical (unpaired) electrons. The number of aryl methyl sites for hydroxylation is 1. The number of hydrogen-bond donors (Lipinski definition) is 3. The van der Waals surface area contributed by atoms with Gasteiger partial charge in [0.15, 0.2) is 5.15 Å². The molecule has 1 aliphatic heterocycles. The molecule has 1 saturated heterocycles. The first-order chi connectivity index (χ1) is 12.3. The van der Waals surface area contributed by atoms with E-state index in [1.165, 1.54) is 15.8 Å². The third-order valence-electron chi connectivity index (χ3n) is 4.27. The molecule has 0 spiro atoms. The highest BCUT2D eigenvalue weighted by Crippen LogP contribution is 2.30. The summed E-state index contributed by atoms with van der Waals surface area (Å²) < 4.78 is 1.46. The van der Waals surface area contributed by atoms with Gasteiger partial charge in [0.05, 0.1) is 28.3 Å². The minimum atomic E-state index is -1.04. The highest BCUT2D eigenvalue weighted by Gasteiger charge is 2.35. The van der Waals surface area contributed by atoms with Crippen LogP contribution >= 0.6 is 34.8 Å². The molecule has 3 rings (SSSR count). The lowest BCUT2D eigenvalue weighted by molar-refractivity contribution is 0.0829. The van der Waals surface area contributed by atoms with E-state index in [0.717, 1.165) is 0 Å². The highest BCUT2D eigenvalue weighted by molar-refractivity contribution is 6.44. The summed E-state index contributed by atoms with van der Waals surface area (Å²) >= 11 is 17.9. The van der Waals surface area contributed by atoms with Crippen molar-refractivity contribution in [1.82, 2.24) is 30.2 Å². The van der Waals surface area contributed by atoms with Gasteiger partial charge in [0.25, 0.3) is 5.91 Å². The van der Waals surface area contributed by atoms with E-state index in [-0.39, 0.29) is 34.0 Å². The van der Waals surface area contributed by atoms with Crippen molar-refractivity contribution in [2.45, 2.75) is 25.4 Å². The van der Waals surface area contributed by atoms with E-state index in [2.05, 4.69) is 20.6 Å². The number of aromatic amines is 1. The van der Waals surface area contributed by atoms with Crippen LogP contribution in [0.2, 0.25) is 15.2 Å². The smallest absolute Gasteiger partial charge is 0.407 e. The maximum atomic E-state index is 12.6. The Hall–Kier alpha value is -1.97. The summed E-state index contributed by atoms with van der Waals surface area (Å²) in [6, 6.07) is -0.858. The second-order valence-corrected chi connectivity index (χ2v) is 7.08. The van der Waals surface area contributed by atoms with Gasteiger partial charge in [-0.15, -0.1) is 5.10 Å². The Bertz CT molecular complexity index is 851. The zero-order valence-electron chi connectivity index (χ0n) is 13.5. The SMILES string of the molecule is Cc1[nH]c(C(=O)N[C@@H]2CCN(C(=O)O)C[C@@H]2n2cc(Cl)nn2)c(Cl)c1Cl. The average molecular weight is 422 g/mol. The van der Waals surface area contributed by atoms with Crippen molar-refractivity contribution in [3.05, 3.63) is 32.8 Å². The second-order valence-electron chi connectivity index (χ2n) is 5.94. The van der Waals surface area contributed by atoms with Crippen molar-refractivity contribution in [1.29, 1.82) is 0 Å². The molecule has 3 heterocycles. The van der Waals surface area contributed by atoms with Gasteiger partial charge in [0, 0.05) is 18.8 Å². The molecule has 2 atom stereocenters. The number of piperidine rings is 1. The zero-order chi connectivity index (χ0) is 19.0. The van der Waals surface area contributed by atoms with Crippen molar-refractivity contribution in [3.8, 4) is 0 Å². The molecule has 140 valence electrons. The number of nitrogens with zero attached hydrogens (tertiary/aromatic N) is 4. The van der Waals surface area contributed by atoms with Crippen molar-refractivity contribution >= 4 is 46.8 Å². The number of carboxylic acid groups (broad SMARTS) is 1. The number of likely N-dealkylation sites (tertiary alicyclic amines) is 1. The van der Waals surface area contributed by atoms with E-state index >= 15 is 0 Å². The maximum Gasteiger partial charge on any atom is 0.407 e. The first-order valence-electron chi connectivity index (χ1n) is 7.67. The number of H-pyrrole nitrogens is 1. The largest absolute Gasteiger partial charge is 0.465 e. The van der Waals surface area contributed by atoms with Crippen LogP contribution in [0.4, 0.5) is 4.79 Å². The molecule has 26 heavy (non-hydrogen) atoms. The van der Waals surface area contributed by atoms with Crippen LogP contribution in [0.3, 0.4) is 0 Å². The van der Waals surface area contributed by atoms with Gasteiger partial charge >= 0.3 is 6.09 Å². The fraction of sp³-hybridized carbons (Fsp3) is 0.429. The Balaban J connectivity index is 1.83. The van der Waals surface area contributed by atoms with Crippen LogP contribution in [-0.4, -0.2) is 61.1 Å². The number of rotatable bonds is 3. The molecular weight excluding hydrogens is 407 g/mol. The molecule has 12 heteroatoms. The molecule has 0 aromatic carbocycles. The van der Waals surface area contributed by atoms with E-state index in [1.807, 2.05) is 0 Å². The molecule has 2 aromatic rings. The van der Waals surface area contributed by atoms with E-state index in [1.54, 1.807) is 6.92 Å². The molecule has 1 aliphatic rings. The monoisotopic (exact) mass is 420 g/mol. The predicted octanol–water partition coefficient (Wildman–Crippen LogP) is 2.60. The first kappa shape index (κ1) is 18.8. The summed E-state index contributed by atoms with van der Waals surface area (Å²) in [6.45, 7) is 2.12. The number of nitrogens with one attached hydrogen (secondary N) is 2. The van der Waals surface area contributed by atoms with Crippen molar-refractivity contribution in [2.24, 2.45) is 0 Å². The van der Waals surface area contributed by atoms with E-state index in [9.17, 15) is 14.7 Å². The first-order valence-corrected chi connectivity index (χ1v) is 8.81. The molecule has 3 N–H and O–H groups in total. The summed E-state index contributed by atoms with van der Waals surface area (Å²) in [5.41, 5.74) is 0.743.